The molecule has 1 heterocycles. The van der Waals surface area contributed by atoms with Crippen LogP contribution in [0.2, 0.25) is 0 Å². The molecule has 0 aliphatic carbocycles. The minimum Gasteiger partial charge on any atom is -0.427 e. The van der Waals surface area contributed by atoms with Crippen LogP contribution in [0.25, 0.3) is 0 Å². The number of nitrogens with two attached hydrogens (primary N) is 1. The molecule has 0 atom stereocenters. The molecule has 5 nitrogen and oxygen atoms in total. The Morgan fingerprint density at radius 2 is 1.81 bits per heavy atom. The molecule has 1 saturated heterocycles. The van der Waals surface area contributed by atoms with Gasteiger partial charge < -0.3 is 15.4 Å². The number of hydrogen-bond donors (Lipinski definition) is 2. The molecule has 6 heteroatoms. The van der Waals surface area contributed by atoms with Crippen LogP contribution >= 0.6 is 12.4 Å². The third-order valence-corrected chi connectivity index (χ3v) is 4.90. The summed E-state index contributed by atoms with van der Waals surface area (Å²) in [6, 6.07) is 7.78. The van der Waals surface area contributed by atoms with Crippen LogP contribution in [0.4, 0.5) is 0 Å². The Morgan fingerprint density at radius 1 is 1.23 bits per heavy atom. The highest BCUT2D eigenvalue weighted by Crippen LogP contribution is 2.25. The highest BCUT2D eigenvalue weighted by Gasteiger charge is 2.20. The molecule has 1 aliphatic rings. The van der Waals surface area contributed by atoms with Crippen molar-refractivity contribution in [1.82, 2.24) is 4.90 Å². The monoisotopic (exact) mass is 381 g/mol. The fourth-order valence-corrected chi connectivity index (χ4v) is 3.20. The second-order valence-corrected chi connectivity index (χ2v) is 7.96. The molecule has 3 N–H and O–H groups in total. The van der Waals surface area contributed by atoms with Crippen molar-refractivity contribution in [3.8, 4) is 5.75 Å². The van der Waals surface area contributed by atoms with Gasteiger partial charge in [0.25, 0.3) is 0 Å². The first-order valence-electron chi connectivity index (χ1n) is 9.16. The van der Waals surface area contributed by atoms with E-state index in [0.29, 0.717) is 18.1 Å². The second-order valence-electron chi connectivity index (χ2n) is 7.96. The summed E-state index contributed by atoms with van der Waals surface area (Å²) in [4.78, 5) is 13.9. The smallest absolute Gasteiger partial charge is 0.311 e. The van der Waals surface area contributed by atoms with E-state index in [9.17, 15) is 4.79 Å². The normalized spacial score (nSPS) is 15.3. The van der Waals surface area contributed by atoms with Gasteiger partial charge in [-0.3, -0.25) is 10.2 Å². The summed E-state index contributed by atoms with van der Waals surface area (Å²) in [5.41, 5.74) is 6.83. The van der Waals surface area contributed by atoms with Gasteiger partial charge in [-0.05, 0) is 54.7 Å². The summed E-state index contributed by atoms with van der Waals surface area (Å²) in [6.45, 7) is 8.19. The number of carbonyl (C=O) groups excluding carboxylic acids is 1. The molecule has 0 unspecified atom stereocenters. The number of likely N-dealkylation sites (tertiary alicyclic amines) is 1. The Morgan fingerprint density at radius 3 is 2.31 bits per heavy atom. The van der Waals surface area contributed by atoms with Crippen LogP contribution in [0, 0.1) is 11.3 Å². The standard InChI is InChI=1S/C20H31N3O2.ClH/c1-20(2,3)16-7-9-17(10-8-16)25-18(24)6-4-5-15-11-13-23(14-12-15)19(21)22;/h7-10,15H,4-6,11-14H2,1-3H3,(H3,21,22);1H. The number of carbonyl (C=O) groups is 1. The van der Waals surface area contributed by atoms with Crippen LogP contribution in [0.5, 0.6) is 5.75 Å². The highest BCUT2D eigenvalue weighted by atomic mass is 35.5. The van der Waals surface area contributed by atoms with Crippen LogP contribution in [0.1, 0.15) is 58.4 Å². The van der Waals surface area contributed by atoms with E-state index >= 15 is 0 Å². The number of hydrogen-bond acceptors (Lipinski definition) is 3. The number of guanidine groups is 1. The molecule has 0 saturated carbocycles. The highest BCUT2D eigenvalue weighted by molar-refractivity contribution is 5.85. The fourth-order valence-electron chi connectivity index (χ4n) is 3.20. The molecule has 1 aromatic carbocycles. The quantitative estimate of drug-likeness (QED) is 0.348. The van der Waals surface area contributed by atoms with E-state index in [0.717, 1.165) is 38.8 Å². The summed E-state index contributed by atoms with van der Waals surface area (Å²) in [7, 11) is 0. The largest absolute Gasteiger partial charge is 0.427 e. The molecule has 146 valence electrons. The average molecular weight is 382 g/mol. The van der Waals surface area contributed by atoms with Gasteiger partial charge in [-0.15, -0.1) is 12.4 Å². The van der Waals surface area contributed by atoms with Gasteiger partial charge in [0.2, 0.25) is 0 Å². The molecule has 0 bridgehead atoms. The Bertz CT molecular complexity index is 588. The maximum atomic E-state index is 12.0. The molecule has 0 aromatic heterocycles. The lowest BCUT2D eigenvalue weighted by Gasteiger charge is -2.32. The molecule has 1 fully saturated rings. The van der Waals surface area contributed by atoms with Gasteiger partial charge in [0.05, 0.1) is 0 Å². The van der Waals surface area contributed by atoms with Crippen molar-refractivity contribution in [2.24, 2.45) is 11.7 Å². The number of nitrogens with one attached hydrogen (secondary N) is 1. The topological polar surface area (TPSA) is 79.4 Å². The van der Waals surface area contributed by atoms with E-state index in [2.05, 4.69) is 20.8 Å². The van der Waals surface area contributed by atoms with Crippen LogP contribution in [-0.2, 0) is 10.2 Å². The van der Waals surface area contributed by atoms with Gasteiger partial charge in [0, 0.05) is 19.5 Å². The predicted molar refractivity (Wildman–Crippen MR) is 108 cm³/mol. The van der Waals surface area contributed by atoms with E-state index in [4.69, 9.17) is 15.9 Å². The average Bonchev–Trinajstić information content (AvgIpc) is 2.55. The van der Waals surface area contributed by atoms with E-state index in [1.54, 1.807) is 0 Å². The van der Waals surface area contributed by atoms with E-state index in [1.807, 2.05) is 29.2 Å². The zero-order valence-electron chi connectivity index (χ0n) is 16.1. The van der Waals surface area contributed by atoms with Gasteiger partial charge in [-0.2, -0.15) is 0 Å². The summed E-state index contributed by atoms with van der Waals surface area (Å²) < 4.78 is 5.43. The van der Waals surface area contributed by atoms with Crippen LogP contribution in [0.3, 0.4) is 0 Å². The summed E-state index contributed by atoms with van der Waals surface area (Å²) in [6.07, 6.45) is 4.42. The van der Waals surface area contributed by atoms with Gasteiger partial charge in [-0.1, -0.05) is 32.9 Å². The molecule has 0 amide bonds. The van der Waals surface area contributed by atoms with Crippen molar-refractivity contribution in [1.29, 1.82) is 5.41 Å². The molecule has 26 heavy (non-hydrogen) atoms. The molecular weight excluding hydrogens is 350 g/mol. The van der Waals surface area contributed by atoms with Crippen molar-refractivity contribution in [3.05, 3.63) is 29.8 Å². The SMILES string of the molecule is CC(C)(C)c1ccc(OC(=O)CCCC2CCN(C(=N)N)CC2)cc1.Cl. The van der Waals surface area contributed by atoms with E-state index < -0.39 is 0 Å². The van der Waals surface area contributed by atoms with Gasteiger partial charge >= 0.3 is 5.97 Å². The second kappa shape index (κ2) is 9.81. The van der Waals surface area contributed by atoms with E-state index in [1.165, 1.54) is 5.56 Å². The van der Waals surface area contributed by atoms with Crippen LogP contribution in [0.15, 0.2) is 24.3 Å². The van der Waals surface area contributed by atoms with Crippen molar-refractivity contribution in [2.45, 2.75) is 58.3 Å². The Hall–Kier alpha value is -1.75. The van der Waals surface area contributed by atoms with Gasteiger partial charge in [0.15, 0.2) is 5.96 Å². The molecule has 2 rings (SSSR count). The Balaban J connectivity index is 0.00000338. The third kappa shape index (κ3) is 6.87. The van der Waals surface area contributed by atoms with Gasteiger partial charge in [0.1, 0.15) is 5.75 Å². The number of piperidine rings is 1. The number of halogens is 1. The zero-order chi connectivity index (χ0) is 18.4. The maximum Gasteiger partial charge on any atom is 0.311 e. The maximum absolute atomic E-state index is 12.0. The zero-order valence-corrected chi connectivity index (χ0v) is 16.9. The Labute approximate surface area is 163 Å². The Kier molecular flexibility index (Phi) is 8.41. The number of nitrogens with zero attached hydrogens (tertiary/aromatic N) is 1. The lowest BCUT2D eigenvalue weighted by molar-refractivity contribution is -0.134. The number of esters is 1. The first-order valence-corrected chi connectivity index (χ1v) is 9.16. The van der Waals surface area contributed by atoms with Crippen molar-refractivity contribution >= 4 is 24.3 Å². The summed E-state index contributed by atoms with van der Waals surface area (Å²) in [5.74, 6) is 1.24. The van der Waals surface area contributed by atoms with Crippen LogP contribution in [-0.4, -0.2) is 29.9 Å². The minimum absolute atomic E-state index is 0. The summed E-state index contributed by atoms with van der Waals surface area (Å²) in [5, 5.41) is 7.45. The minimum atomic E-state index is -0.162. The molecule has 0 spiro atoms. The molecule has 1 aliphatic heterocycles. The number of ether oxygens (including phenoxy) is 1. The number of benzene rings is 1. The van der Waals surface area contributed by atoms with Crippen molar-refractivity contribution < 1.29 is 9.53 Å². The lowest BCUT2D eigenvalue weighted by Crippen LogP contribution is -2.42. The van der Waals surface area contributed by atoms with Crippen molar-refractivity contribution in [2.75, 3.05) is 13.1 Å². The first kappa shape index (κ1) is 22.3. The summed E-state index contributed by atoms with van der Waals surface area (Å²) >= 11 is 0. The molecule has 1 aromatic rings. The first-order chi connectivity index (χ1) is 11.8. The third-order valence-electron chi connectivity index (χ3n) is 4.90. The van der Waals surface area contributed by atoms with Gasteiger partial charge in [-0.25, -0.2) is 0 Å². The van der Waals surface area contributed by atoms with Crippen LogP contribution < -0.4 is 10.5 Å². The molecule has 0 radical (unpaired) electrons. The molecular formula is C20H32ClN3O2. The fraction of sp³-hybridized carbons (Fsp3) is 0.600. The number of rotatable bonds is 5. The lowest BCUT2D eigenvalue weighted by atomic mass is 9.87. The van der Waals surface area contributed by atoms with Crippen molar-refractivity contribution in [3.63, 3.8) is 0 Å². The van der Waals surface area contributed by atoms with E-state index in [-0.39, 0.29) is 29.8 Å². The predicted octanol–water partition coefficient (Wildman–Crippen LogP) is 4.09.